The van der Waals surface area contributed by atoms with Gasteiger partial charge >= 0.3 is 0 Å². The van der Waals surface area contributed by atoms with E-state index in [1.165, 1.54) is 6.33 Å². The van der Waals surface area contributed by atoms with E-state index >= 15 is 0 Å². The molecule has 3 rings (SSSR count). The van der Waals surface area contributed by atoms with Crippen LogP contribution in [0.5, 0.6) is 0 Å². The molecule has 0 aliphatic carbocycles. The van der Waals surface area contributed by atoms with E-state index in [2.05, 4.69) is 10.1 Å². The van der Waals surface area contributed by atoms with Crippen LogP contribution in [0.25, 0.3) is 0 Å². The molecule has 2 aromatic carbocycles. The first-order valence-electron chi connectivity index (χ1n) is 6.39. The third-order valence-corrected chi connectivity index (χ3v) is 3.57. The smallest absolute Gasteiger partial charge is 0.137 e. The number of nitrogens with zero attached hydrogens (tertiary/aromatic N) is 3. The minimum atomic E-state index is -0.132. The number of aromatic nitrogens is 3. The summed E-state index contributed by atoms with van der Waals surface area (Å²) in [6, 6.07) is 13.1. The summed E-state index contributed by atoms with van der Waals surface area (Å²) in [5, 5.41) is 4.93. The maximum atomic E-state index is 5.96. The molecule has 21 heavy (non-hydrogen) atoms. The maximum absolute atomic E-state index is 5.96. The first kappa shape index (κ1) is 13.5. The number of hydrogen-bond donors (Lipinski definition) is 2. The van der Waals surface area contributed by atoms with Gasteiger partial charge in [-0.25, -0.2) is 9.67 Å². The van der Waals surface area contributed by atoms with Crippen molar-refractivity contribution < 1.29 is 0 Å². The largest absolute Gasteiger partial charge is 0.397 e. The van der Waals surface area contributed by atoms with Crippen molar-refractivity contribution >= 4 is 23.0 Å². The molecule has 0 fully saturated rings. The van der Waals surface area contributed by atoms with E-state index in [1.807, 2.05) is 36.4 Å². The fraction of sp³-hybridized carbons (Fsp3) is 0.0667. The van der Waals surface area contributed by atoms with Crippen LogP contribution < -0.4 is 11.5 Å². The number of hydrogen-bond acceptors (Lipinski definition) is 4. The van der Waals surface area contributed by atoms with E-state index in [0.29, 0.717) is 16.4 Å². The van der Waals surface area contributed by atoms with Crippen molar-refractivity contribution in [1.82, 2.24) is 14.8 Å². The summed E-state index contributed by atoms with van der Waals surface area (Å²) in [4.78, 5) is 4.02. The molecule has 3 aromatic rings. The third-order valence-electron chi connectivity index (χ3n) is 3.31. The number of benzene rings is 2. The summed E-state index contributed by atoms with van der Waals surface area (Å²) in [5.41, 5.74) is 14.8. The van der Waals surface area contributed by atoms with Crippen molar-refractivity contribution in [2.75, 3.05) is 11.5 Å². The lowest BCUT2D eigenvalue weighted by Crippen LogP contribution is -2.13. The van der Waals surface area contributed by atoms with Gasteiger partial charge in [-0.3, -0.25) is 0 Å². The lowest BCUT2D eigenvalue weighted by Gasteiger charge is -2.19. The molecule has 0 aliphatic rings. The van der Waals surface area contributed by atoms with Crippen LogP contribution in [-0.2, 0) is 0 Å². The summed E-state index contributed by atoms with van der Waals surface area (Å²) in [7, 11) is 0. The molecule has 1 atom stereocenters. The molecule has 0 amide bonds. The quantitative estimate of drug-likeness (QED) is 0.728. The number of nitrogen functional groups attached to an aromatic ring is 2. The van der Waals surface area contributed by atoms with Crippen LogP contribution in [0.3, 0.4) is 0 Å². The first-order chi connectivity index (χ1) is 10.1. The minimum absolute atomic E-state index is 0.132. The van der Waals surface area contributed by atoms with Gasteiger partial charge in [-0.2, -0.15) is 5.10 Å². The van der Waals surface area contributed by atoms with Crippen LogP contribution in [0.1, 0.15) is 17.2 Å². The van der Waals surface area contributed by atoms with Crippen LogP contribution >= 0.6 is 11.6 Å². The van der Waals surface area contributed by atoms with Gasteiger partial charge in [0.05, 0.1) is 11.4 Å². The minimum Gasteiger partial charge on any atom is -0.397 e. The molecule has 1 unspecified atom stereocenters. The van der Waals surface area contributed by atoms with Gasteiger partial charge in [-0.15, -0.1) is 0 Å². The molecule has 1 aromatic heterocycles. The van der Waals surface area contributed by atoms with Gasteiger partial charge in [-0.1, -0.05) is 29.8 Å². The van der Waals surface area contributed by atoms with Gasteiger partial charge in [0.1, 0.15) is 18.7 Å². The average Bonchev–Trinajstić information content (AvgIpc) is 2.99. The number of nitrogens with two attached hydrogens (primary N) is 2. The second-order valence-corrected chi connectivity index (χ2v) is 5.15. The van der Waals surface area contributed by atoms with E-state index in [9.17, 15) is 0 Å². The van der Waals surface area contributed by atoms with Crippen LogP contribution in [0.2, 0.25) is 5.02 Å². The van der Waals surface area contributed by atoms with Crippen LogP contribution in [0, 0.1) is 0 Å². The fourth-order valence-corrected chi connectivity index (χ4v) is 2.38. The lowest BCUT2D eigenvalue weighted by molar-refractivity contribution is 0.594. The Kier molecular flexibility index (Phi) is 3.50. The van der Waals surface area contributed by atoms with Crippen molar-refractivity contribution in [1.29, 1.82) is 0 Å². The highest BCUT2D eigenvalue weighted by Gasteiger charge is 2.17. The zero-order chi connectivity index (χ0) is 14.8. The maximum Gasteiger partial charge on any atom is 0.137 e. The van der Waals surface area contributed by atoms with Crippen molar-refractivity contribution in [2.45, 2.75) is 6.04 Å². The molecule has 0 radical (unpaired) electrons. The second kappa shape index (κ2) is 5.46. The van der Waals surface area contributed by atoms with E-state index in [-0.39, 0.29) is 6.04 Å². The van der Waals surface area contributed by atoms with E-state index < -0.39 is 0 Å². The molecule has 0 spiro atoms. The number of anilines is 2. The fourth-order valence-electron chi connectivity index (χ4n) is 2.26. The Morgan fingerprint density at radius 2 is 1.67 bits per heavy atom. The Hall–Kier alpha value is -2.53. The van der Waals surface area contributed by atoms with Crippen molar-refractivity contribution in [3.05, 3.63) is 71.3 Å². The normalized spacial score (nSPS) is 12.2. The summed E-state index contributed by atoms with van der Waals surface area (Å²) in [5.74, 6) is 0. The number of rotatable bonds is 3. The van der Waals surface area contributed by atoms with Gasteiger partial charge in [0.15, 0.2) is 0 Å². The van der Waals surface area contributed by atoms with Crippen LogP contribution in [0.4, 0.5) is 11.4 Å². The molecule has 0 aliphatic heterocycles. The van der Waals surface area contributed by atoms with E-state index in [4.69, 9.17) is 23.1 Å². The topological polar surface area (TPSA) is 82.8 Å². The van der Waals surface area contributed by atoms with Gasteiger partial charge in [0.25, 0.3) is 0 Å². The predicted molar refractivity (Wildman–Crippen MR) is 84.0 cm³/mol. The monoisotopic (exact) mass is 299 g/mol. The van der Waals surface area contributed by atoms with E-state index in [0.717, 1.165) is 11.1 Å². The Balaban J connectivity index is 2.12. The summed E-state index contributed by atoms with van der Waals surface area (Å²) >= 11 is 5.96. The van der Waals surface area contributed by atoms with Crippen LogP contribution in [-0.4, -0.2) is 14.8 Å². The molecule has 0 bridgehead atoms. The summed E-state index contributed by atoms with van der Waals surface area (Å²) < 4.78 is 1.77. The molecule has 106 valence electrons. The van der Waals surface area contributed by atoms with Gasteiger partial charge < -0.3 is 11.5 Å². The highest BCUT2D eigenvalue weighted by atomic mass is 35.5. The van der Waals surface area contributed by atoms with Crippen molar-refractivity contribution in [3.8, 4) is 0 Å². The number of halogens is 1. The average molecular weight is 300 g/mol. The molecule has 4 N–H and O–H groups in total. The Bertz CT molecular complexity index is 737. The molecule has 5 nitrogen and oxygen atoms in total. The van der Waals surface area contributed by atoms with Gasteiger partial charge in [0, 0.05) is 5.02 Å². The molecule has 1 heterocycles. The first-order valence-corrected chi connectivity index (χ1v) is 6.77. The second-order valence-electron chi connectivity index (χ2n) is 4.72. The zero-order valence-corrected chi connectivity index (χ0v) is 11.9. The predicted octanol–water partition coefficient (Wildman–Crippen LogP) is 2.73. The highest BCUT2D eigenvalue weighted by molar-refractivity contribution is 6.30. The highest BCUT2D eigenvalue weighted by Crippen LogP contribution is 2.29. The molecular weight excluding hydrogens is 286 g/mol. The molecule has 0 saturated carbocycles. The summed E-state index contributed by atoms with van der Waals surface area (Å²) in [6.45, 7) is 0. The summed E-state index contributed by atoms with van der Waals surface area (Å²) in [6.07, 6.45) is 3.18. The van der Waals surface area contributed by atoms with Gasteiger partial charge in [-0.05, 0) is 35.4 Å². The standard InChI is InChI=1S/C15H14ClN5/c16-12-4-1-10(2-5-12)15(21-9-19-8-20-21)11-3-6-13(17)14(18)7-11/h1-9,15H,17-18H2. The Morgan fingerprint density at radius 3 is 2.29 bits per heavy atom. The third kappa shape index (κ3) is 2.68. The van der Waals surface area contributed by atoms with Crippen molar-refractivity contribution in [2.24, 2.45) is 0 Å². The molecule has 6 heteroatoms. The van der Waals surface area contributed by atoms with Gasteiger partial charge in [0.2, 0.25) is 0 Å². The Labute approximate surface area is 127 Å². The zero-order valence-electron chi connectivity index (χ0n) is 11.1. The Morgan fingerprint density at radius 1 is 0.952 bits per heavy atom. The van der Waals surface area contributed by atoms with Crippen LogP contribution in [0.15, 0.2) is 55.1 Å². The van der Waals surface area contributed by atoms with Crippen molar-refractivity contribution in [3.63, 3.8) is 0 Å². The SMILES string of the molecule is Nc1ccc(C(c2ccc(Cl)cc2)n2cncn2)cc1N. The molecular formula is C15H14ClN5. The van der Waals surface area contributed by atoms with E-state index in [1.54, 1.807) is 17.1 Å². The lowest BCUT2D eigenvalue weighted by atomic mass is 9.98. The molecule has 0 saturated heterocycles.